The van der Waals surface area contributed by atoms with Gasteiger partial charge in [0, 0.05) is 23.7 Å². The second kappa shape index (κ2) is 2.87. The van der Waals surface area contributed by atoms with Gasteiger partial charge in [0.1, 0.15) is 11.6 Å². The minimum Gasteiger partial charge on any atom is -0.299 e. The van der Waals surface area contributed by atoms with Crippen LogP contribution in [0.4, 0.5) is 0 Å². The van der Waals surface area contributed by atoms with Crippen molar-refractivity contribution in [3.63, 3.8) is 0 Å². The highest BCUT2D eigenvalue weighted by Gasteiger charge is 2.63. The second-order valence-electron chi connectivity index (χ2n) is 6.80. The first-order valence-electron chi connectivity index (χ1n) is 7.20. The van der Waals surface area contributed by atoms with Gasteiger partial charge in [0.15, 0.2) is 0 Å². The summed E-state index contributed by atoms with van der Waals surface area (Å²) in [6.45, 7) is 0. The van der Waals surface area contributed by atoms with Crippen molar-refractivity contribution in [2.75, 3.05) is 0 Å². The van der Waals surface area contributed by atoms with Gasteiger partial charge in [0.25, 0.3) is 0 Å². The molecule has 0 radical (unpaired) electrons. The molecule has 2 unspecified atom stereocenters. The molecule has 0 aliphatic heterocycles. The zero-order chi connectivity index (χ0) is 12.0. The zero-order valence-electron chi connectivity index (χ0n) is 10.2. The Balaban J connectivity index is 1.65. The van der Waals surface area contributed by atoms with Gasteiger partial charge in [-0.05, 0) is 36.5 Å². The highest BCUT2D eigenvalue weighted by molar-refractivity contribution is 6.02. The lowest BCUT2D eigenvalue weighted by Crippen LogP contribution is -2.50. The monoisotopic (exact) mass is 240 g/mol. The third kappa shape index (κ3) is 0.877. The van der Waals surface area contributed by atoms with Crippen LogP contribution < -0.4 is 0 Å². The molecule has 0 saturated heterocycles. The normalized spacial score (nSPS) is 58.4. The van der Waals surface area contributed by atoms with Gasteiger partial charge in [-0.3, -0.25) is 9.59 Å². The first-order chi connectivity index (χ1) is 8.75. The molecule has 2 nitrogen and oxygen atoms in total. The van der Waals surface area contributed by atoms with E-state index in [9.17, 15) is 9.59 Å². The predicted octanol–water partition coefficient (Wildman–Crippen LogP) is 2.01. The molecule has 4 bridgehead atoms. The van der Waals surface area contributed by atoms with Gasteiger partial charge in [-0.1, -0.05) is 24.3 Å². The smallest absolute Gasteiger partial charge is 0.141 e. The number of fused-ring (bicyclic) bond motifs is 10. The molecule has 5 aliphatic carbocycles. The molecule has 2 heteroatoms. The van der Waals surface area contributed by atoms with E-state index in [4.69, 9.17) is 0 Å². The molecule has 3 fully saturated rings. The summed E-state index contributed by atoms with van der Waals surface area (Å²) in [7, 11) is 0. The maximum absolute atomic E-state index is 12.8. The summed E-state index contributed by atoms with van der Waals surface area (Å²) in [5, 5.41) is 0. The number of carbonyl (C=O) groups is 2. The largest absolute Gasteiger partial charge is 0.299 e. The lowest BCUT2D eigenvalue weighted by Gasteiger charge is -2.40. The SMILES string of the molecule is O=C1[C@H]2[C@@H](C(=O)[C@H]3C4C=CC(C4)[C@@H]13)[C@H]1C=C[C@H]2C1. The van der Waals surface area contributed by atoms with Crippen LogP contribution in [0, 0.1) is 47.3 Å². The predicted molar refractivity (Wildman–Crippen MR) is 65.4 cm³/mol. The number of hydrogen-bond acceptors (Lipinski definition) is 2. The van der Waals surface area contributed by atoms with Crippen LogP contribution in [0.5, 0.6) is 0 Å². The lowest BCUT2D eigenvalue weighted by molar-refractivity contribution is -0.148. The standard InChI is InChI=1S/C16H16O2/c17-15-11-7-1-2-8(5-7)12(11)16(18)14-10-4-3-9(6-10)13(14)15/h1-4,7-14H,5-6H2/t7-,8-,9?,10?,11-,12+,13-,14+/m0/s1. The molecule has 0 spiro atoms. The molecule has 0 aromatic carbocycles. The Kier molecular flexibility index (Phi) is 1.55. The third-order valence-electron chi connectivity index (χ3n) is 6.23. The van der Waals surface area contributed by atoms with Crippen molar-refractivity contribution in [3.05, 3.63) is 24.3 Å². The van der Waals surface area contributed by atoms with E-state index in [1.165, 1.54) is 0 Å². The number of rotatable bonds is 0. The first-order valence-corrected chi connectivity index (χ1v) is 7.20. The lowest BCUT2D eigenvalue weighted by atomic mass is 9.60. The molecule has 92 valence electrons. The average Bonchev–Trinajstić information content (AvgIpc) is 3.10. The molecule has 0 aromatic heterocycles. The van der Waals surface area contributed by atoms with Gasteiger partial charge in [-0.2, -0.15) is 0 Å². The highest BCUT2D eigenvalue weighted by atomic mass is 16.1. The average molecular weight is 240 g/mol. The van der Waals surface area contributed by atoms with Crippen LogP contribution in [0.1, 0.15) is 12.8 Å². The highest BCUT2D eigenvalue weighted by Crippen LogP contribution is 2.60. The molecule has 8 atom stereocenters. The van der Waals surface area contributed by atoms with Gasteiger partial charge in [0.05, 0.1) is 0 Å². The Labute approximate surface area is 106 Å². The van der Waals surface area contributed by atoms with Crippen LogP contribution in [-0.2, 0) is 9.59 Å². The van der Waals surface area contributed by atoms with Gasteiger partial charge < -0.3 is 0 Å². The fourth-order valence-electron chi connectivity index (χ4n) is 5.64. The molecule has 0 heterocycles. The third-order valence-corrected chi connectivity index (χ3v) is 6.23. The minimum absolute atomic E-state index is 0.0431. The Bertz CT molecular complexity index is 441. The molecule has 0 N–H and O–H groups in total. The Morgan fingerprint density at radius 2 is 0.889 bits per heavy atom. The van der Waals surface area contributed by atoms with Crippen molar-refractivity contribution in [1.82, 2.24) is 0 Å². The van der Waals surface area contributed by atoms with Gasteiger partial charge in [-0.25, -0.2) is 0 Å². The summed E-state index contributed by atoms with van der Waals surface area (Å²) >= 11 is 0. The molecule has 0 aromatic rings. The maximum atomic E-state index is 12.8. The van der Waals surface area contributed by atoms with Crippen LogP contribution in [0.3, 0.4) is 0 Å². The van der Waals surface area contributed by atoms with Crippen molar-refractivity contribution < 1.29 is 9.59 Å². The molecular formula is C16H16O2. The van der Waals surface area contributed by atoms with Crippen LogP contribution in [0.2, 0.25) is 0 Å². The topological polar surface area (TPSA) is 34.1 Å². The van der Waals surface area contributed by atoms with Crippen molar-refractivity contribution >= 4 is 11.6 Å². The summed E-state index contributed by atoms with van der Waals surface area (Å²) in [5.41, 5.74) is 0. The molecule has 5 rings (SSSR count). The van der Waals surface area contributed by atoms with Crippen LogP contribution in [-0.4, -0.2) is 11.6 Å². The van der Waals surface area contributed by atoms with E-state index in [0.717, 1.165) is 12.8 Å². The summed E-state index contributed by atoms with van der Waals surface area (Å²) in [6, 6.07) is 0. The van der Waals surface area contributed by atoms with E-state index in [0.29, 0.717) is 35.2 Å². The maximum Gasteiger partial charge on any atom is 0.141 e. The van der Waals surface area contributed by atoms with Gasteiger partial charge in [0.2, 0.25) is 0 Å². The second-order valence-corrected chi connectivity index (χ2v) is 6.80. The van der Waals surface area contributed by atoms with Crippen molar-refractivity contribution in [2.45, 2.75) is 12.8 Å². The number of allylic oxidation sites excluding steroid dienone is 4. The number of carbonyl (C=O) groups excluding carboxylic acids is 2. The van der Waals surface area contributed by atoms with Crippen LogP contribution in [0.25, 0.3) is 0 Å². The zero-order valence-corrected chi connectivity index (χ0v) is 10.2. The van der Waals surface area contributed by atoms with Crippen LogP contribution >= 0.6 is 0 Å². The summed E-state index contributed by atoms with van der Waals surface area (Å²) in [6.07, 6.45) is 10.9. The quantitative estimate of drug-likeness (QED) is 0.607. The Hall–Kier alpha value is -1.18. The van der Waals surface area contributed by atoms with E-state index < -0.39 is 0 Å². The van der Waals surface area contributed by atoms with Gasteiger partial charge in [-0.15, -0.1) is 0 Å². The minimum atomic E-state index is 0.0431. The summed E-state index contributed by atoms with van der Waals surface area (Å²) in [4.78, 5) is 25.6. The Morgan fingerprint density at radius 1 is 0.611 bits per heavy atom. The van der Waals surface area contributed by atoms with Crippen molar-refractivity contribution in [1.29, 1.82) is 0 Å². The summed E-state index contributed by atoms with van der Waals surface area (Å²) < 4.78 is 0. The molecule has 0 amide bonds. The number of hydrogen-bond donors (Lipinski definition) is 0. The van der Waals surface area contributed by atoms with Crippen LogP contribution in [0.15, 0.2) is 24.3 Å². The number of Topliss-reactive ketones (excluding diaryl/α,β-unsaturated/α-hetero) is 2. The van der Waals surface area contributed by atoms with E-state index in [1.54, 1.807) is 0 Å². The Morgan fingerprint density at radius 3 is 1.17 bits per heavy atom. The summed E-state index contributed by atoms with van der Waals surface area (Å²) in [5.74, 6) is 2.53. The fraction of sp³-hybridized carbons (Fsp3) is 0.625. The van der Waals surface area contributed by atoms with E-state index in [2.05, 4.69) is 24.3 Å². The van der Waals surface area contributed by atoms with Crippen molar-refractivity contribution in [2.24, 2.45) is 47.3 Å². The van der Waals surface area contributed by atoms with E-state index in [-0.39, 0.29) is 23.7 Å². The van der Waals surface area contributed by atoms with E-state index >= 15 is 0 Å². The van der Waals surface area contributed by atoms with Crippen molar-refractivity contribution in [3.8, 4) is 0 Å². The fourth-order valence-corrected chi connectivity index (χ4v) is 5.64. The van der Waals surface area contributed by atoms with E-state index in [1.807, 2.05) is 0 Å². The molecule has 3 saturated carbocycles. The molecule has 5 aliphatic rings. The number of ketones is 2. The van der Waals surface area contributed by atoms with Gasteiger partial charge >= 0.3 is 0 Å². The molecule has 18 heavy (non-hydrogen) atoms. The first kappa shape index (κ1) is 9.71. The molecular weight excluding hydrogens is 224 g/mol.